The maximum Gasteiger partial charge on any atom is 0.261 e. The average molecular weight is 182 g/mol. The van der Waals surface area contributed by atoms with Crippen LogP contribution in [0.25, 0.3) is 0 Å². The Balaban J connectivity index is 2.03. The quantitative estimate of drug-likeness (QED) is 0.443. The predicted octanol–water partition coefficient (Wildman–Crippen LogP) is 4.10. The van der Waals surface area contributed by atoms with Gasteiger partial charge in [0, 0.05) is 0 Å². The summed E-state index contributed by atoms with van der Waals surface area (Å²) < 4.78 is 0. The summed E-state index contributed by atoms with van der Waals surface area (Å²) in [5, 5.41) is 4.90. The van der Waals surface area contributed by atoms with Gasteiger partial charge >= 0.3 is 0 Å². The van der Waals surface area contributed by atoms with Gasteiger partial charge in [0.25, 0.3) is 14.1 Å². The van der Waals surface area contributed by atoms with Gasteiger partial charge in [0.1, 0.15) is 0 Å². The van der Waals surface area contributed by atoms with Crippen molar-refractivity contribution in [3.63, 3.8) is 0 Å². The number of unbranched alkanes of at least 4 members (excludes halogenated alkanes) is 2. The first-order valence-corrected chi connectivity index (χ1v) is 8.31. The molecule has 70 valence electrons. The first-order chi connectivity index (χ1) is 5.86. The second-order valence-corrected chi connectivity index (χ2v) is 8.05. The first kappa shape index (κ1) is 10.6. The number of hydrogen-bond acceptors (Lipinski definition) is 0. The highest BCUT2D eigenvalue weighted by Gasteiger charge is 2.27. The van der Waals surface area contributed by atoms with Gasteiger partial charge in [0.05, 0.1) is 0 Å². The van der Waals surface area contributed by atoms with Crippen molar-refractivity contribution in [1.29, 1.82) is 0 Å². The average Bonchev–Trinajstić information content (AvgIpc) is 2.53. The summed E-state index contributed by atoms with van der Waals surface area (Å²) in [6.07, 6.45) is 7.51. The van der Waals surface area contributed by atoms with E-state index in [1.807, 2.05) is 0 Å². The fraction of sp³-hybridized carbons (Fsp3) is 1.00. The van der Waals surface area contributed by atoms with Crippen LogP contribution in [0.3, 0.4) is 0 Å². The molecular weight excluding hydrogens is 159 g/mol. The molecule has 1 saturated heterocycles. The molecule has 1 atom stereocenters. The molecule has 0 spiro atoms. The summed E-state index contributed by atoms with van der Waals surface area (Å²) in [5.41, 5.74) is 0. The monoisotopic (exact) mass is 182 g/mol. The Hall–Kier alpha value is 0.532. The van der Waals surface area contributed by atoms with Crippen LogP contribution in [0.5, 0.6) is 0 Å². The molecule has 1 unspecified atom stereocenters. The van der Waals surface area contributed by atoms with Crippen LogP contribution in [-0.4, -0.2) is 14.1 Å². The van der Waals surface area contributed by atoms with Crippen LogP contribution in [0.1, 0.15) is 46.0 Å². The van der Waals surface area contributed by atoms with Crippen molar-refractivity contribution in [2.24, 2.45) is 5.92 Å². The van der Waals surface area contributed by atoms with Crippen LogP contribution in [0.15, 0.2) is 0 Å². The molecule has 1 heteroatoms. The molecule has 0 aromatic carbocycles. The Morgan fingerprint density at radius 2 is 2.08 bits per heavy atom. The highest BCUT2D eigenvalue weighted by Crippen LogP contribution is 2.32. The molecule has 1 aliphatic rings. The predicted molar refractivity (Wildman–Crippen MR) is 58.1 cm³/mol. The molecule has 0 amide bonds. The fourth-order valence-corrected chi connectivity index (χ4v) is 5.83. The van der Waals surface area contributed by atoms with Gasteiger partial charge < -0.3 is 0 Å². The van der Waals surface area contributed by atoms with E-state index in [1.165, 1.54) is 19.3 Å². The third-order valence-electron chi connectivity index (χ3n) is 3.44. The van der Waals surface area contributed by atoms with E-state index in [0.717, 1.165) is 5.92 Å². The Labute approximate surface area is 82.1 Å². The molecule has 0 bridgehead atoms. The lowest BCUT2D eigenvalue weighted by atomic mass is 10.0. The lowest BCUT2D eigenvalue weighted by molar-refractivity contribution is 0.499. The standard InChI is InChI=1S/C9H18.C2H5.Al/c1-4-6-7-8-9(3)5-2;1-2;/h9H,2-8H2,1H3;1H2,2H3;. The second-order valence-electron chi connectivity index (χ2n) is 4.45. The van der Waals surface area contributed by atoms with Crippen molar-refractivity contribution in [2.75, 3.05) is 0 Å². The van der Waals surface area contributed by atoms with Gasteiger partial charge in [-0.15, -0.1) is 0 Å². The van der Waals surface area contributed by atoms with E-state index in [-0.39, 0.29) is 14.1 Å². The van der Waals surface area contributed by atoms with Crippen LogP contribution in [-0.2, 0) is 0 Å². The third-order valence-corrected chi connectivity index (χ3v) is 7.08. The van der Waals surface area contributed by atoms with Crippen molar-refractivity contribution < 1.29 is 0 Å². The third kappa shape index (κ3) is 3.50. The van der Waals surface area contributed by atoms with Crippen molar-refractivity contribution in [2.45, 2.75) is 61.8 Å². The molecule has 0 N–H and O–H groups in total. The zero-order valence-electron chi connectivity index (χ0n) is 8.81. The lowest BCUT2D eigenvalue weighted by Crippen LogP contribution is -2.04. The van der Waals surface area contributed by atoms with Gasteiger partial charge in [-0.1, -0.05) is 67.7 Å². The van der Waals surface area contributed by atoms with E-state index >= 15 is 0 Å². The van der Waals surface area contributed by atoms with Crippen LogP contribution < -0.4 is 0 Å². The van der Waals surface area contributed by atoms with Crippen molar-refractivity contribution in [1.82, 2.24) is 0 Å². The fourth-order valence-electron chi connectivity index (χ4n) is 2.49. The molecular formula is C11H23Al. The zero-order valence-corrected chi connectivity index (χ0v) is 9.97. The smallest absolute Gasteiger partial charge is 0.0967 e. The summed E-state index contributed by atoms with van der Waals surface area (Å²) in [5.74, 6) is 1.16. The molecule has 0 aromatic rings. The van der Waals surface area contributed by atoms with Gasteiger partial charge in [0.15, 0.2) is 0 Å². The van der Waals surface area contributed by atoms with E-state index < -0.39 is 0 Å². The highest BCUT2D eigenvalue weighted by molar-refractivity contribution is 6.59. The summed E-state index contributed by atoms with van der Waals surface area (Å²) in [7, 11) is 0. The molecule has 0 aromatic heterocycles. The summed E-state index contributed by atoms with van der Waals surface area (Å²) in [6, 6.07) is 0. The topological polar surface area (TPSA) is 0 Å². The minimum Gasteiger partial charge on any atom is -0.0967 e. The lowest BCUT2D eigenvalue weighted by Gasteiger charge is -2.08. The Bertz CT molecular complexity index is 112. The van der Waals surface area contributed by atoms with Gasteiger partial charge in [-0.25, -0.2) is 0 Å². The maximum absolute atomic E-state index is 2.41. The first-order valence-electron chi connectivity index (χ1n) is 5.86. The largest absolute Gasteiger partial charge is 0.261 e. The molecule has 1 heterocycles. The van der Waals surface area contributed by atoms with Crippen LogP contribution >= 0.6 is 0 Å². The van der Waals surface area contributed by atoms with Gasteiger partial charge in [-0.05, 0) is 0 Å². The van der Waals surface area contributed by atoms with E-state index in [0.29, 0.717) is 0 Å². The van der Waals surface area contributed by atoms with E-state index in [2.05, 4.69) is 13.8 Å². The summed E-state index contributed by atoms with van der Waals surface area (Å²) >= 11 is -0.170. The summed E-state index contributed by atoms with van der Waals surface area (Å²) in [6.45, 7) is 4.71. The van der Waals surface area contributed by atoms with Crippen LogP contribution in [0.2, 0.25) is 15.8 Å². The minimum absolute atomic E-state index is 0.170. The Morgan fingerprint density at radius 1 is 1.25 bits per heavy atom. The van der Waals surface area contributed by atoms with Crippen LogP contribution in [0, 0.1) is 5.92 Å². The normalized spacial score (nSPS) is 23.5. The van der Waals surface area contributed by atoms with Gasteiger partial charge in [0.2, 0.25) is 0 Å². The second kappa shape index (κ2) is 6.06. The molecule has 12 heavy (non-hydrogen) atoms. The van der Waals surface area contributed by atoms with Crippen LogP contribution in [0.4, 0.5) is 0 Å². The minimum atomic E-state index is -0.170. The van der Waals surface area contributed by atoms with Crippen molar-refractivity contribution in [3.05, 3.63) is 0 Å². The van der Waals surface area contributed by atoms with Crippen molar-refractivity contribution in [3.8, 4) is 0 Å². The van der Waals surface area contributed by atoms with Crippen molar-refractivity contribution >= 4 is 14.1 Å². The number of hydrogen-bond donors (Lipinski definition) is 0. The molecule has 0 aliphatic carbocycles. The molecule has 1 aliphatic heterocycles. The Kier molecular flexibility index (Phi) is 5.36. The Morgan fingerprint density at radius 3 is 2.67 bits per heavy atom. The zero-order chi connectivity index (χ0) is 8.81. The highest BCUT2D eigenvalue weighted by atomic mass is 27.2. The van der Waals surface area contributed by atoms with Gasteiger partial charge in [-0.2, -0.15) is 0 Å². The van der Waals surface area contributed by atoms with E-state index in [9.17, 15) is 0 Å². The molecule has 0 nitrogen and oxygen atoms in total. The van der Waals surface area contributed by atoms with E-state index in [1.54, 1.807) is 28.7 Å². The SMILES string of the molecule is CCCCCC1C[CH2][Al]([CH2]C)[CH2]1. The van der Waals surface area contributed by atoms with E-state index in [4.69, 9.17) is 0 Å². The number of rotatable bonds is 5. The molecule has 0 saturated carbocycles. The maximum atomic E-state index is 2.41. The molecule has 0 radical (unpaired) electrons. The molecule has 1 rings (SSSR count). The molecule has 1 fully saturated rings. The van der Waals surface area contributed by atoms with Gasteiger partial charge in [-0.3, -0.25) is 0 Å². The summed E-state index contributed by atoms with van der Waals surface area (Å²) in [4.78, 5) is 0.